The number of hydrogen-bond donors (Lipinski definition) is 2. The Morgan fingerprint density at radius 2 is 2.03 bits per heavy atom. The average Bonchev–Trinajstić information content (AvgIpc) is 3.17. The Morgan fingerprint density at radius 1 is 1.25 bits per heavy atom. The van der Waals surface area contributed by atoms with Crippen LogP contribution in [-0.4, -0.2) is 61.9 Å². The minimum absolute atomic E-state index is 0. The third kappa shape index (κ3) is 8.34. The number of halogens is 4. The van der Waals surface area contributed by atoms with Crippen LogP contribution in [0.15, 0.2) is 47.6 Å². The molecule has 1 saturated heterocycles. The van der Waals surface area contributed by atoms with E-state index in [1.165, 1.54) is 4.90 Å². The lowest BCUT2D eigenvalue weighted by molar-refractivity contribution is -0.143. The van der Waals surface area contributed by atoms with E-state index in [0.717, 1.165) is 5.56 Å². The van der Waals surface area contributed by atoms with Crippen molar-refractivity contribution in [2.45, 2.75) is 25.2 Å². The summed E-state index contributed by atoms with van der Waals surface area (Å²) in [4.78, 5) is 9.86. The quantitative estimate of drug-likeness (QED) is 0.303. The molecule has 0 saturated carbocycles. The van der Waals surface area contributed by atoms with Crippen molar-refractivity contribution in [1.82, 2.24) is 20.5 Å². The summed E-state index contributed by atoms with van der Waals surface area (Å²) in [5.41, 5.74) is 0.908. The molecule has 1 unspecified atom stereocenters. The summed E-state index contributed by atoms with van der Waals surface area (Å²) in [5.74, 6) is 2.31. The molecule has 0 spiro atoms. The lowest BCUT2D eigenvalue weighted by Gasteiger charge is -2.19. The van der Waals surface area contributed by atoms with Gasteiger partial charge >= 0.3 is 6.18 Å². The summed E-state index contributed by atoms with van der Waals surface area (Å²) in [6.45, 7) is 0.322. The van der Waals surface area contributed by atoms with E-state index in [4.69, 9.17) is 9.47 Å². The van der Waals surface area contributed by atoms with Crippen LogP contribution in [-0.2, 0) is 6.54 Å². The first-order valence-electron chi connectivity index (χ1n) is 9.88. The fourth-order valence-corrected chi connectivity index (χ4v) is 3.28. The molecule has 1 aliphatic heterocycles. The summed E-state index contributed by atoms with van der Waals surface area (Å²) in [7, 11) is 3.22. The number of benzene rings is 1. The number of pyridine rings is 1. The van der Waals surface area contributed by atoms with Crippen LogP contribution in [0.1, 0.15) is 12.0 Å². The highest BCUT2D eigenvalue weighted by Gasteiger charge is 2.34. The van der Waals surface area contributed by atoms with Gasteiger partial charge in [0.1, 0.15) is 11.5 Å². The molecule has 11 heteroatoms. The van der Waals surface area contributed by atoms with E-state index in [1.54, 1.807) is 32.5 Å². The zero-order chi connectivity index (χ0) is 22.3. The Balaban J connectivity index is 0.00000363. The second kappa shape index (κ2) is 12.1. The average molecular weight is 565 g/mol. The third-order valence-electron chi connectivity index (χ3n) is 4.76. The third-order valence-corrected chi connectivity index (χ3v) is 4.76. The largest absolute Gasteiger partial charge is 0.497 e. The van der Waals surface area contributed by atoms with Gasteiger partial charge in [-0.05, 0) is 24.1 Å². The van der Waals surface area contributed by atoms with Gasteiger partial charge in [0, 0.05) is 51.1 Å². The Morgan fingerprint density at radius 3 is 2.69 bits per heavy atom. The van der Waals surface area contributed by atoms with Crippen molar-refractivity contribution in [1.29, 1.82) is 0 Å². The molecular weight excluding hydrogens is 538 g/mol. The van der Waals surface area contributed by atoms with Gasteiger partial charge < -0.3 is 20.1 Å². The molecule has 2 aromatic rings. The lowest BCUT2D eigenvalue weighted by Crippen LogP contribution is -2.44. The molecule has 2 N–H and O–H groups in total. The van der Waals surface area contributed by atoms with Crippen LogP contribution in [0, 0.1) is 0 Å². The number of rotatable bonds is 7. The Kier molecular flexibility index (Phi) is 9.82. The van der Waals surface area contributed by atoms with E-state index < -0.39 is 12.7 Å². The van der Waals surface area contributed by atoms with Crippen molar-refractivity contribution in [2.24, 2.45) is 4.99 Å². The molecule has 0 radical (unpaired) electrons. The van der Waals surface area contributed by atoms with Gasteiger partial charge in [0.15, 0.2) is 5.96 Å². The minimum Gasteiger partial charge on any atom is -0.497 e. The Bertz CT molecular complexity index is 880. The molecule has 1 aliphatic rings. The van der Waals surface area contributed by atoms with Gasteiger partial charge in [-0.1, -0.05) is 12.1 Å². The molecule has 1 fully saturated rings. The molecule has 1 aromatic carbocycles. The van der Waals surface area contributed by atoms with Crippen LogP contribution < -0.4 is 20.1 Å². The zero-order valence-electron chi connectivity index (χ0n) is 17.9. The van der Waals surface area contributed by atoms with Crippen molar-refractivity contribution in [3.8, 4) is 17.4 Å². The first-order valence-corrected chi connectivity index (χ1v) is 9.88. The fraction of sp³-hybridized carbons (Fsp3) is 0.429. The minimum atomic E-state index is -4.18. The van der Waals surface area contributed by atoms with Gasteiger partial charge in [0.05, 0.1) is 13.7 Å². The molecule has 0 amide bonds. The molecule has 176 valence electrons. The monoisotopic (exact) mass is 565 g/mol. The molecular formula is C21H27F3IN5O2. The van der Waals surface area contributed by atoms with Crippen LogP contribution in [0.2, 0.25) is 0 Å². The fourth-order valence-electron chi connectivity index (χ4n) is 3.28. The molecule has 32 heavy (non-hydrogen) atoms. The van der Waals surface area contributed by atoms with Crippen molar-refractivity contribution >= 4 is 29.9 Å². The molecule has 3 rings (SSSR count). The number of alkyl halides is 3. The smallest absolute Gasteiger partial charge is 0.401 e. The van der Waals surface area contributed by atoms with Crippen LogP contribution in [0.25, 0.3) is 0 Å². The molecule has 1 aromatic heterocycles. The predicted molar refractivity (Wildman–Crippen MR) is 127 cm³/mol. The van der Waals surface area contributed by atoms with Crippen LogP contribution in [0.3, 0.4) is 0 Å². The summed E-state index contributed by atoms with van der Waals surface area (Å²) < 4.78 is 48.5. The second-order valence-corrected chi connectivity index (χ2v) is 7.19. The highest BCUT2D eigenvalue weighted by Crippen LogP contribution is 2.24. The summed E-state index contributed by atoms with van der Waals surface area (Å²) in [5, 5.41) is 6.34. The van der Waals surface area contributed by atoms with Gasteiger partial charge in [-0.15, -0.1) is 24.0 Å². The molecule has 0 aliphatic carbocycles. The second-order valence-electron chi connectivity index (χ2n) is 7.19. The standard InChI is InChI=1S/C21H26F3N5O2.HI/c1-25-20(28-16-8-9-29(13-16)14-21(22,23)24)27-12-15-6-7-19(26-11-15)31-18-5-3-4-17(10-18)30-2;/h3-7,10-11,16H,8-9,12-14H2,1-2H3,(H2,25,27,28);1H. The number of aliphatic imine (C=N–C) groups is 1. The number of hydrogen-bond acceptors (Lipinski definition) is 5. The highest BCUT2D eigenvalue weighted by molar-refractivity contribution is 14.0. The molecule has 0 bridgehead atoms. The van der Waals surface area contributed by atoms with E-state index in [1.807, 2.05) is 24.3 Å². The van der Waals surface area contributed by atoms with Gasteiger partial charge in [0.25, 0.3) is 0 Å². The number of ether oxygens (including phenoxy) is 2. The summed E-state index contributed by atoms with van der Waals surface area (Å²) >= 11 is 0. The van der Waals surface area contributed by atoms with Crippen molar-refractivity contribution in [2.75, 3.05) is 33.8 Å². The van der Waals surface area contributed by atoms with Crippen LogP contribution in [0.4, 0.5) is 13.2 Å². The maximum atomic E-state index is 12.5. The van der Waals surface area contributed by atoms with Crippen molar-refractivity contribution < 1.29 is 22.6 Å². The summed E-state index contributed by atoms with van der Waals surface area (Å²) in [6, 6.07) is 10.8. The van der Waals surface area contributed by atoms with Crippen LogP contribution in [0.5, 0.6) is 17.4 Å². The number of methoxy groups -OCH3 is 1. The number of aromatic nitrogens is 1. The topological polar surface area (TPSA) is 71.0 Å². The number of guanidine groups is 1. The Hall–Kier alpha value is -2.28. The van der Waals surface area contributed by atoms with E-state index in [2.05, 4.69) is 20.6 Å². The van der Waals surface area contributed by atoms with Crippen molar-refractivity contribution in [3.05, 3.63) is 48.2 Å². The van der Waals surface area contributed by atoms with Gasteiger partial charge in [0.2, 0.25) is 5.88 Å². The normalized spacial score (nSPS) is 16.9. The lowest BCUT2D eigenvalue weighted by atomic mass is 10.2. The van der Waals surface area contributed by atoms with Gasteiger partial charge in [-0.2, -0.15) is 13.2 Å². The number of nitrogens with one attached hydrogen (secondary N) is 2. The SMILES string of the molecule is CN=C(NCc1ccc(Oc2cccc(OC)c2)nc1)NC1CCN(CC(F)(F)F)C1.I. The van der Waals surface area contributed by atoms with Gasteiger partial charge in [-0.25, -0.2) is 4.98 Å². The van der Waals surface area contributed by atoms with Crippen LogP contribution >= 0.6 is 24.0 Å². The van der Waals surface area contributed by atoms with E-state index in [0.29, 0.717) is 49.4 Å². The zero-order valence-corrected chi connectivity index (χ0v) is 20.2. The van der Waals surface area contributed by atoms with Crippen molar-refractivity contribution in [3.63, 3.8) is 0 Å². The van der Waals surface area contributed by atoms with E-state index in [9.17, 15) is 13.2 Å². The molecule has 1 atom stereocenters. The number of nitrogens with zero attached hydrogens (tertiary/aromatic N) is 3. The molecule has 2 heterocycles. The first kappa shape index (κ1) is 26.0. The number of likely N-dealkylation sites (tertiary alicyclic amines) is 1. The van der Waals surface area contributed by atoms with E-state index in [-0.39, 0.29) is 30.0 Å². The summed E-state index contributed by atoms with van der Waals surface area (Å²) in [6.07, 6.45) is -1.85. The maximum absolute atomic E-state index is 12.5. The van der Waals surface area contributed by atoms with Gasteiger partial charge in [-0.3, -0.25) is 9.89 Å². The first-order chi connectivity index (χ1) is 14.8. The Labute approximate surface area is 202 Å². The molecule has 7 nitrogen and oxygen atoms in total. The predicted octanol–water partition coefficient (Wildman–Crippen LogP) is 3.80. The maximum Gasteiger partial charge on any atom is 0.401 e. The highest BCUT2D eigenvalue weighted by atomic mass is 127. The van der Waals surface area contributed by atoms with E-state index >= 15 is 0 Å².